The lowest BCUT2D eigenvalue weighted by atomic mass is 9.91. The lowest BCUT2D eigenvalue weighted by Gasteiger charge is -2.17. The molecule has 0 fully saturated rings. The van der Waals surface area contributed by atoms with Gasteiger partial charge in [-0.3, -0.25) is 0 Å². The molecule has 0 spiro atoms. The number of nitrogens with one attached hydrogen (secondary N) is 1. The van der Waals surface area contributed by atoms with E-state index in [0.717, 1.165) is 12.3 Å². The summed E-state index contributed by atoms with van der Waals surface area (Å²) in [6.07, 6.45) is 0. The van der Waals surface area contributed by atoms with Crippen molar-refractivity contribution in [2.75, 3.05) is 13.7 Å². The first-order chi connectivity index (χ1) is 10.0. The monoisotopic (exact) mass is 302 g/mol. The highest BCUT2D eigenvalue weighted by Crippen LogP contribution is 2.41. The topological polar surface area (TPSA) is 34.1 Å². The fraction of sp³-hybridized carbons (Fsp3) is 0.471. The molecule has 0 saturated heterocycles. The molecule has 1 aromatic carbocycles. The largest absolute Gasteiger partial charge is 0.492 e. The third kappa shape index (κ3) is 2.70. The van der Waals surface area contributed by atoms with Gasteiger partial charge in [0.15, 0.2) is 0 Å². The maximum Gasteiger partial charge on any atom is 0.123 e. The Morgan fingerprint density at radius 1 is 1.33 bits per heavy atom. The van der Waals surface area contributed by atoms with Crippen LogP contribution >= 0.6 is 11.3 Å². The highest BCUT2D eigenvalue weighted by atomic mass is 32.1. The molecule has 1 N–H and O–H groups in total. The predicted molar refractivity (Wildman–Crippen MR) is 87.4 cm³/mol. The van der Waals surface area contributed by atoms with Crippen LogP contribution in [0.5, 0.6) is 5.75 Å². The van der Waals surface area contributed by atoms with Gasteiger partial charge in [0.05, 0.1) is 11.6 Å². The number of nitrogens with zero attached hydrogens (tertiary/aromatic N) is 1. The Morgan fingerprint density at radius 3 is 2.81 bits per heavy atom. The molecule has 3 nitrogen and oxygen atoms in total. The third-order valence-corrected chi connectivity index (χ3v) is 4.93. The fourth-order valence-corrected chi connectivity index (χ4v) is 4.14. The van der Waals surface area contributed by atoms with Gasteiger partial charge in [0.25, 0.3) is 0 Å². The maximum absolute atomic E-state index is 5.81. The average Bonchev–Trinajstić information content (AvgIpc) is 3.02. The van der Waals surface area contributed by atoms with E-state index in [-0.39, 0.29) is 11.3 Å². The van der Waals surface area contributed by atoms with Crippen LogP contribution in [-0.4, -0.2) is 18.6 Å². The van der Waals surface area contributed by atoms with Gasteiger partial charge in [-0.1, -0.05) is 39.0 Å². The van der Waals surface area contributed by atoms with Crippen molar-refractivity contribution < 1.29 is 4.74 Å². The van der Waals surface area contributed by atoms with Crippen molar-refractivity contribution in [2.24, 2.45) is 0 Å². The molecule has 4 heteroatoms. The standard InChI is InChI=1S/C17H22N2OS/c1-17(2,3)15-14(9-18-4)21-16(19-15)12-10-20-13-8-6-5-7-11(12)13/h5-8,12,18H,9-10H2,1-4H3. The Bertz CT molecular complexity index is 642. The molecule has 3 rings (SSSR count). The van der Waals surface area contributed by atoms with E-state index in [1.165, 1.54) is 21.1 Å². The number of para-hydroxylation sites is 1. The quantitative estimate of drug-likeness (QED) is 0.939. The first kappa shape index (κ1) is 14.5. The van der Waals surface area contributed by atoms with Gasteiger partial charge in [-0.25, -0.2) is 4.98 Å². The number of hydrogen-bond donors (Lipinski definition) is 1. The Hall–Kier alpha value is -1.39. The minimum absolute atomic E-state index is 0.0694. The van der Waals surface area contributed by atoms with Crippen molar-refractivity contribution in [3.8, 4) is 5.75 Å². The van der Waals surface area contributed by atoms with E-state index in [1.54, 1.807) is 0 Å². The summed E-state index contributed by atoms with van der Waals surface area (Å²) in [6.45, 7) is 8.26. The minimum atomic E-state index is 0.0694. The molecule has 0 bridgehead atoms. The second-order valence-electron chi connectivity index (χ2n) is 6.51. The van der Waals surface area contributed by atoms with Crippen LogP contribution in [0.15, 0.2) is 24.3 Å². The van der Waals surface area contributed by atoms with E-state index in [4.69, 9.17) is 9.72 Å². The summed E-state index contributed by atoms with van der Waals surface area (Å²) in [5.74, 6) is 1.28. The van der Waals surface area contributed by atoms with Crippen molar-refractivity contribution in [3.05, 3.63) is 45.4 Å². The van der Waals surface area contributed by atoms with Crippen LogP contribution < -0.4 is 10.1 Å². The molecule has 2 heterocycles. The fourth-order valence-electron chi connectivity index (χ4n) is 2.75. The van der Waals surface area contributed by atoms with E-state index < -0.39 is 0 Å². The molecule has 0 amide bonds. The number of hydrogen-bond acceptors (Lipinski definition) is 4. The molecule has 1 aliphatic rings. The molecule has 0 aliphatic carbocycles. The van der Waals surface area contributed by atoms with Crippen LogP contribution in [0.1, 0.15) is 47.8 Å². The predicted octanol–water partition coefficient (Wildman–Crippen LogP) is 3.68. The number of fused-ring (bicyclic) bond motifs is 1. The lowest BCUT2D eigenvalue weighted by molar-refractivity contribution is 0.342. The number of benzene rings is 1. The highest BCUT2D eigenvalue weighted by molar-refractivity contribution is 7.11. The molecular formula is C17H22N2OS. The van der Waals surface area contributed by atoms with E-state index >= 15 is 0 Å². The molecule has 2 aromatic rings. The number of aromatic nitrogens is 1. The highest BCUT2D eigenvalue weighted by Gasteiger charge is 2.31. The van der Waals surface area contributed by atoms with Gasteiger partial charge in [0.2, 0.25) is 0 Å². The maximum atomic E-state index is 5.81. The van der Waals surface area contributed by atoms with Crippen molar-refractivity contribution in [3.63, 3.8) is 0 Å². The van der Waals surface area contributed by atoms with E-state index in [9.17, 15) is 0 Å². The van der Waals surface area contributed by atoms with Gasteiger partial charge in [-0.2, -0.15) is 0 Å². The number of ether oxygens (including phenoxy) is 1. The second-order valence-corrected chi connectivity index (χ2v) is 7.62. The second kappa shape index (κ2) is 5.43. The van der Waals surface area contributed by atoms with Crippen LogP contribution in [0.25, 0.3) is 0 Å². The van der Waals surface area contributed by atoms with Crippen molar-refractivity contribution >= 4 is 11.3 Å². The summed E-state index contributed by atoms with van der Waals surface area (Å²) < 4.78 is 5.81. The Balaban J connectivity index is 2.01. The number of thiazole rings is 1. The van der Waals surface area contributed by atoms with E-state index in [1.807, 2.05) is 30.5 Å². The van der Waals surface area contributed by atoms with Crippen molar-refractivity contribution in [1.29, 1.82) is 0 Å². The first-order valence-electron chi connectivity index (χ1n) is 7.37. The molecular weight excluding hydrogens is 280 g/mol. The molecule has 0 saturated carbocycles. The van der Waals surface area contributed by atoms with Crippen LogP contribution in [0.3, 0.4) is 0 Å². The average molecular weight is 302 g/mol. The zero-order valence-electron chi connectivity index (χ0n) is 13.1. The Kier molecular flexibility index (Phi) is 3.76. The van der Waals surface area contributed by atoms with Crippen LogP contribution in [0.4, 0.5) is 0 Å². The van der Waals surface area contributed by atoms with Gasteiger partial charge in [0.1, 0.15) is 17.4 Å². The molecule has 1 unspecified atom stereocenters. The van der Waals surface area contributed by atoms with Gasteiger partial charge in [-0.15, -0.1) is 11.3 Å². The van der Waals surface area contributed by atoms with Crippen molar-refractivity contribution in [1.82, 2.24) is 10.3 Å². The summed E-state index contributed by atoms with van der Waals surface area (Å²) in [5.41, 5.74) is 2.55. The van der Waals surface area contributed by atoms with Crippen molar-refractivity contribution in [2.45, 2.75) is 38.6 Å². The normalized spacial score (nSPS) is 17.6. The number of rotatable bonds is 3. The molecule has 1 aliphatic heterocycles. The van der Waals surface area contributed by atoms with Crippen LogP contribution in [-0.2, 0) is 12.0 Å². The summed E-state index contributed by atoms with van der Waals surface area (Å²) in [5, 5.41) is 4.43. The molecule has 21 heavy (non-hydrogen) atoms. The molecule has 0 radical (unpaired) electrons. The SMILES string of the molecule is CNCc1sc(C2COc3ccccc32)nc1C(C)(C)C. The van der Waals surface area contributed by atoms with Crippen LogP contribution in [0.2, 0.25) is 0 Å². The van der Waals surface area contributed by atoms with E-state index in [2.05, 4.69) is 38.2 Å². The molecule has 1 aromatic heterocycles. The van der Waals surface area contributed by atoms with Crippen LogP contribution in [0, 0.1) is 0 Å². The Morgan fingerprint density at radius 2 is 2.10 bits per heavy atom. The van der Waals surface area contributed by atoms with Gasteiger partial charge in [0, 0.05) is 22.4 Å². The summed E-state index contributed by atoms with van der Waals surface area (Å²) in [4.78, 5) is 6.32. The summed E-state index contributed by atoms with van der Waals surface area (Å²) in [6, 6.07) is 8.30. The van der Waals surface area contributed by atoms with E-state index in [0.29, 0.717) is 6.61 Å². The summed E-state index contributed by atoms with van der Waals surface area (Å²) >= 11 is 1.82. The van der Waals surface area contributed by atoms with Gasteiger partial charge in [-0.05, 0) is 13.1 Å². The van der Waals surface area contributed by atoms with Gasteiger partial charge < -0.3 is 10.1 Å². The summed E-state index contributed by atoms with van der Waals surface area (Å²) in [7, 11) is 1.99. The smallest absolute Gasteiger partial charge is 0.123 e. The zero-order chi connectivity index (χ0) is 15.0. The lowest BCUT2D eigenvalue weighted by Crippen LogP contribution is -2.17. The zero-order valence-corrected chi connectivity index (χ0v) is 13.9. The molecule has 1 atom stereocenters. The van der Waals surface area contributed by atoms with Gasteiger partial charge >= 0.3 is 0 Å². The minimum Gasteiger partial charge on any atom is -0.492 e. The Labute approximate surface area is 130 Å². The third-order valence-electron chi connectivity index (χ3n) is 3.76. The first-order valence-corrected chi connectivity index (χ1v) is 8.18. The molecule has 112 valence electrons.